The van der Waals surface area contributed by atoms with Crippen molar-refractivity contribution in [2.45, 2.75) is 79.6 Å². The molecule has 0 heterocycles. The first-order valence-electron chi connectivity index (χ1n) is 6.73. The molecule has 2 saturated carbocycles. The quantitative estimate of drug-likeness (QED) is 0.528. The second-order valence-electron chi connectivity index (χ2n) is 4.78. The van der Waals surface area contributed by atoms with E-state index < -0.39 is 0 Å². The van der Waals surface area contributed by atoms with E-state index in [9.17, 15) is 0 Å². The first kappa shape index (κ1) is 14.0. The van der Waals surface area contributed by atoms with Gasteiger partial charge in [-0.2, -0.15) is 0 Å². The average molecular weight is 198 g/mol. The Morgan fingerprint density at radius 3 is 1.71 bits per heavy atom. The minimum absolute atomic E-state index is 0.833. The third kappa shape index (κ3) is 3.63. The highest BCUT2D eigenvalue weighted by atomic mass is 14.5. The van der Waals surface area contributed by atoms with Crippen LogP contribution in [0.5, 0.6) is 0 Å². The summed E-state index contributed by atoms with van der Waals surface area (Å²) in [4.78, 5) is 0. The van der Waals surface area contributed by atoms with E-state index in [1.54, 1.807) is 0 Å². The SMILES string of the molecule is CC.CC12CCCC1CC2.CCCC. The van der Waals surface area contributed by atoms with Crippen LogP contribution in [0.2, 0.25) is 0 Å². The number of hydrogen-bond donors (Lipinski definition) is 0. The van der Waals surface area contributed by atoms with Crippen molar-refractivity contribution in [1.82, 2.24) is 0 Å². The van der Waals surface area contributed by atoms with Gasteiger partial charge in [-0.1, -0.05) is 53.9 Å². The summed E-state index contributed by atoms with van der Waals surface area (Å²) in [6, 6.07) is 0. The third-order valence-corrected chi connectivity index (χ3v) is 3.85. The number of fused-ring (bicyclic) bond motifs is 1. The molecule has 2 aliphatic rings. The lowest BCUT2D eigenvalue weighted by atomic mass is 9.64. The van der Waals surface area contributed by atoms with Crippen LogP contribution in [-0.2, 0) is 0 Å². The maximum absolute atomic E-state index is 2.47. The predicted molar refractivity (Wildman–Crippen MR) is 66.6 cm³/mol. The summed E-state index contributed by atoms with van der Waals surface area (Å²) >= 11 is 0. The Kier molecular flexibility index (Phi) is 7.31. The van der Waals surface area contributed by atoms with Crippen molar-refractivity contribution in [2.75, 3.05) is 0 Å². The maximum atomic E-state index is 2.47. The highest BCUT2D eigenvalue weighted by Gasteiger charge is 2.45. The maximum Gasteiger partial charge on any atom is -0.0297 e. The van der Waals surface area contributed by atoms with Crippen LogP contribution < -0.4 is 0 Å². The molecule has 0 aromatic rings. The van der Waals surface area contributed by atoms with Crippen LogP contribution in [0.1, 0.15) is 79.6 Å². The van der Waals surface area contributed by atoms with Crippen molar-refractivity contribution < 1.29 is 0 Å². The molecule has 0 N–H and O–H groups in total. The fraction of sp³-hybridized carbons (Fsp3) is 1.00. The fourth-order valence-corrected chi connectivity index (χ4v) is 2.42. The van der Waals surface area contributed by atoms with Crippen molar-refractivity contribution >= 4 is 0 Å². The van der Waals surface area contributed by atoms with Gasteiger partial charge in [-0.3, -0.25) is 0 Å². The average Bonchev–Trinajstić information content (AvgIpc) is 2.49. The summed E-state index contributed by atoms with van der Waals surface area (Å²) in [6.07, 6.45) is 10.3. The van der Waals surface area contributed by atoms with Gasteiger partial charge in [0, 0.05) is 0 Å². The van der Waals surface area contributed by atoms with Gasteiger partial charge >= 0.3 is 0 Å². The summed E-state index contributed by atoms with van der Waals surface area (Å²) in [6.45, 7) is 10.8. The molecule has 0 spiro atoms. The summed E-state index contributed by atoms with van der Waals surface area (Å²) < 4.78 is 0. The minimum atomic E-state index is 0.833. The molecular weight excluding hydrogens is 168 g/mol. The monoisotopic (exact) mass is 198 g/mol. The molecule has 0 nitrogen and oxygen atoms in total. The molecule has 14 heavy (non-hydrogen) atoms. The molecule has 0 bridgehead atoms. The topological polar surface area (TPSA) is 0 Å². The first-order valence-corrected chi connectivity index (χ1v) is 6.73. The largest absolute Gasteiger partial charge is 0.0683 e. The van der Waals surface area contributed by atoms with Crippen molar-refractivity contribution in [3.05, 3.63) is 0 Å². The molecule has 2 aliphatic carbocycles. The van der Waals surface area contributed by atoms with Crippen LogP contribution in [0.4, 0.5) is 0 Å². The lowest BCUT2D eigenvalue weighted by molar-refractivity contribution is 0.0882. The predicted octanol–water partition coefficient (Wildman–Crippen LogP) is 5.42. The van der Waals surface area contributed by atoms with Crippen LogP contribution in [-0.4, -0.2) is 0 Å². The molecule has 2 rings (SSSR count). The van der Waals surface area contributed by atoms with E-state index in [2.05, 4.69) is 20.8 Å². The van der Waals surface area contributed by atoms with E-state index >= 15 is 0 Å². The van der Waals surface area contributed by atoms with Gasteiger partial charge in [-0.25, -0.2) is 0 Å². The van der Waals surface area contributed by atoms with Gasteiger partial charge in [0.15, 0.2) is 0 Å². The lowest BCUT2D eigenvalue weighted by Crippen LogP contribution is -2.31. The number of rotatable bonds is 1. The van der Waals surface area contributed by atoms with Gasteiger partial charge in [-0.15, -0.1) is 0 Å². The van der Waals surface area contributed by atoms with Crippen LogP contribution in [0.25, 0.3) is 0 Å². The molecular formula is C14H30. The molecule has 2 fully saturated rings. The minimum Gasteiger partial charge on any atom is -0.0683 e. The molecule has 0 saturated heterocycles. The fourth-order valence-electron chi connectivity index (χ4n) is 2.42. The van der Waals surface area contributed by atoms with Gasteiger partial charge in [0.1, 0.15) is 0 Å². The highest BCUT2D eigenvalue weighted by Crippen LogP contribution is 2.56. The Morgan fingerprint density at radius 1 is 1.00 bits per heavy atom. The van der Waals surface area contributed by atoms with Crippen molar-refractivity contribution in [3.63, 3.8) is 0 Å². The second kappa shape index (κ2) is 7.31. The Morgan fingerprint density at radius 2 is 1.57 bits per heavy atom. The van der Waals surface area contributed by atoms with Crippen molar-refractivity contribution in [1.29, 1.82) is 0 Å². The molecule has 2 atom stereocenters. The van der Waals surface area contributed by atoms with Crippen LogP contribution in [0.15, 0.2) is 0 Å². The van der Waals surface area contributed by atoms with Crippen LogP contribution in [0.3, 0.4) is 0 Å². The third-order valence-electron chi connectivity index (χ3n) is 3.85. The van der Waals surface area contributed by atoms with Crippen LogP contribution >= 0.6 is 0 Å². The second-order valence-corrected chi connectivity index (χ2v) is 4.78. The first-order chi connectivity index (χ1) is 6.73. The summed E-state index contributed by atoms with van der Waals surface area (Å²) in [5, 5.41) is 0. The standard InChI is InChI=1S/C8H14.C4H10.C2H6/c1-8-5-2-3-7(8)4-6-8;1-3-4-2;1-2/h7H,2-6H2,1H3;3-4H2,1-2H3;1-2H3. The van der Waals surface area contributed by atoms with E-state index in [0.717, 1.165) is 11.3 Å². The normalized spacial score (nSPS) is 32.8. The van der Waals surface area contributed by atoms with E-state index in [0.29, 0.717) is 0 Å². The zero-order valence-corrected chi connectivity index (χ0v) is 11.0. The molecule has 0 aromatic heterocycles. The molecule has 0 radical (unpaired) electrons. The van der Waals surface area contributed by atoms with Crippen molar-refractivity contribution in [2.24, 2.45) is 11.3 Å². The van der Waals surface area contributed by atoms with Gasteiger partial charge in [0.2, 0.25) is 0 Å². The van der Waals surface area contributed by atoms with Crippen LogP contribution in [0, 0.1) is 11.3 Å². The molecule has 0 amide bonds. The Bertz CT molecular complexity index is 126. The number of hydrogen-bond acceptors (Lipinski definition) is 0. The van der Waals surface area contributed by atoms with Gasteiger partial charge in [0.05, 0.1) is 0 Å². The van der Waals surface area contributed by atoms with E-state index in [-0.39, 0.29) is 0 Å². The number of unbranched alkanes of at least 4 members (excludes halogenated alkanes) is 1. The van der Waals surface area contributed by atoms with Gasteiger partial charge in [-0.05, 0) is 37.0 Å². The zero-order valence-electron chi connectivity index (χ0n) is 11.0. The molecule has 0 aromatic carbocycles. The Hall–Kier alpha value is 0. The van der Waals surface area contributed by atoms with E-state index in [4.69, 9.17) is 0 Å². The van der Waals surface area contributed by atoms with Gasteiger partial charge < -0.3 is 0 Å². The summed E-state index contributed by atoms with van der Waals surface area (Å²) in [5.41, 5.74) is 0.833. The van der Waals surface area contributed by atoms with Crippen molar-refractivity contribution in [3.8, 4) is 0 Å². The lowest BCUT2D eigenvalue weighted by Gasteiger charge is -2.42. The zero-order chi connectivity index (χ0) is 11.0. The highest BCUT2D eigenvalue weighted by molar-refractivity contribution is 4.96. The summed E-state index contributed by atoms with van der Waals surface area (Å²) in [5.74, 6) is 1.14. The van der Waals surface area contributed by atoms with Gasteiger partial charge in [0.25, 0.3) is 0 Å². The molecule has 86 valence electrons. The van der Waals surface area contributed by atoms with E-state index in [1.165, 1.54) is 44.9 Å². The molecule has 2 unspecified atom stereocenters. The molecule has 0 heteroatoms. The summed E-state index contributed by atoms with van der Waals surface area (Å²) in [7, 11) is 0. The Labute approximate surface area is 91.5 Å². The smallest absolute Gasteiger partial charge is 0.0297 e. The van der Waals surface area contributed by atoms with E-state index in [1.807, 2.05) is 13.8 Å². The molecule has 0 aliphatic heterocycles. The Balaban J connectivity index is 0.000000245.